The summed E-state index contributed by atoms with van der Waals surface area (Å²) in [4.78, 5) is 8.79. The highest BCUT2D eigenvalue weighted by Crippen LogP contribution is 2.39. The number of anilines is 2. The number of hydrogen-bond acceptors (Lipinski definition) is 4. The Hall–Kier alpha value is -2.14. The van der Waals surface area contributed by atoms with Crippen molar-refractivity contribution in [1.29, 1.82) is 0 Å². The van der Waals surface area contributed by atoms with E-state index in [1.807, 2.05) is 24.3 Å². The van der Waals surface area contributed by atoms with Gasteiger partial charge in [-0.05, 0) is 25.0 Å². The van der Waals surface area contributed by atoms with Gasteiger partial charge in [0.1, 0.15) is 10.8 Å². The average Bonchev–Trinajstić information content (AvgIpc) is 3.24. The molecule has 2 heterocycles. The van der Waals surface area contributed by atoms with Crippen LogP contribution >= 0.6 is 11.6 Å². The minimum absolute atomic E-state index is 0.490. The van der Waals surface area contributed by atoms with E-state index in [2.05, 4.69) is 25.5 Å². The molecule has 0 bridgehead atoms. The molecule has 1 saturated carbocycles. The quantitative estimate of drug-likeness (QED) is 0.771. The SMILES string of the molecule is Clc1cnc(C2CC2)nc1Nc1n[nH]c2ccccc12. The van der Waals surface area contributed by atoms with Crippen LogP contribution in [-0.4, -0.2) is 20.2 Å². The molecule has 0 radical (unpaired) electrons. The van der Waals surface area contributed by atoms with Gasteiger partial charge in [0.15, 0.2) is 11.6 Å². The maximum absolute atomic E-state index is 6.16. The fourth-order valence-electron chi connectivity index (χ4n) is 2.18. The van der Waals surface area contributed by atoms with E-state index in [0.717, 1.165) is 35.4 Å². The largest absolute Gasteiger partial charge is 0.322 e. The summed E-state index contributed by atoms with van der Waals surface area (Å²) in [6.45, 7) is 0. The molecule has 100 valence electrons. The minimum Gasteiger partial charge on any atom is -0.322 e. The Bertz CT molecular complexity index is 778. The van der Waals surface area contributed by atoms with Crippen molar-refractivity contribution in [2.75, 3.05) is 5.32 Å². The summed E-state index contributed by atoms with van der Waals surface area (Å²) in [6, 6.07) is 7.91. The molecule has 0 spiro atoms. The van der Waals surface area contributed by atoms with Gasteiger partial charge in [-0.25, -0.2) is 9.97 Å². The fourth-order valence-corrected chi connectivity index (χ4v) is 2.32. The molecule has 0 amide bonds. The lowest BCUT2D eigenvalue weighted by Gasteiger charge is -2.06. The van der Waals surface area contributed by atoms with E-state index in [4.69, 9.17) is 11.6 Å². The lowest BCUT2D eigenvalue weighted by atomic mass is 10.2. The van der Waals surface area contributed by atoms with E-state index in [1.54, 1.807) is 6.20 Å². The maximum atomic E-state index is 6.16. The summed E-state index contributed by atoms with van der Waals surface area (Å²) in [5.41, 5.74) is 0.975. The highest BCUT2D eigenvalue weighted by molar-refractivity contribution is 6.32. The van der Waals surface area contributed by atoms with Gasteiger partial charge in [-0.15, -0.1) is 0 Å². The maximum Gasteiger partial charge on any atom is 0.161 e. The zero-order valence-electron chi connectivity index (χ0n) is 10.6. The zero-order valence-corrected chi connectivity index (χ0v) is 11.4. The van der Waals surface area contributed by atoms with Crippen molar-refractivity contribution >= 4 is 34.1 Å². The number of hydrogen-bond donors (Lipinski definition) is 2. The standard InChI is InChI=1S/C14H12ClN5/c15-10-7-16-12(8-5-6-8)17-14(10)18-13-9-3-1-2-4-11(9)19-20-13/h1-4,7-8H,5-6H2,(H2,16,17,18,19,20). The second kappa shape index (κ2) is 4.45. The van der Waals surface area contributed by atoms with Gasteiger partial charge in [-0.3, -0.25) is 5.10 Å². The Morgan fingerprint density at radius 1 is 1.20 bits per heavy atom. The predicted octanol–water partition coefficient (Wildman–Crippen LogP) is 3.63. The summed E-state index contributed by atoms with van der Waals surface area (Å²) in [5, 5.41) is 11.9. The lowest BCUT2D eigenvalue weighted by Crippen LogP contribution is -2.00. The van der Waals surface area contributed by atoms with Crippen LogP contribution < -0.4 is 5.32 Å². The Labute approximate surface area is 120 Å². The fraction of sp³-hybridized carbons (Fsp3) is 0.214. The molecule has 0 aliphatic heterocycles. The molecular weight excluding hydrogens is 274 g/mol. The minimum atomic E-state index is 0.490. The van der Waals surface area contributed by atoms with Gasteiger partial charge >= 0.3 is 0 Å². The van der Waals surface area contributed by atoms with Gasteiger partial charge < -0.3 is 5.32 Å². The monoisotopic (exact) mass is 285 g/mol. The molecule has 1 fully saturated rings. The Balaban J connectivity index is 1.73. The molecule has 20 heavy (non-hydrogen) atoms. The highest BCUT2D eigenvalue weighted by Gasteiger charge is 2.27. The molecule has 0 atom stereocenters. The molecule has 1 aliphatic rings. The molecule has 5 nitrogen and oxygen atoms in total. The van der Waals surface area contributed by atoms with E-state index in [1.165, 1.54) is 0 Å². The Kier molecular flexibility index (Phi) is 2.60. The van der Waals surface area contributed by atoms with Crippen LogP contribution in [-0.2, 0) is 0 Å². The number of H-pyrrole nitrogens is 1. The van der Waals surface area contributed by atoms with Gasteiger partial charge in [0.05, 0.1) is 11.7 Å². The molecule has 0 saturated heterocycles. The highest BCUT2D eigenvalue weighted by atomic mass is 35.5. The summed E-state index contributed by atoms with van der Waals surface area (Å²) >= 11 is 6.16. The molecular formula is C14H12ClN5. The van der Waals surface area contributed by atoms with Crippen molar-refractivity contribution in [3.8, 4) is 0 Å². The third kappa shape index (κ3) is 2.00. The molecule has 4 rings (SSSR count). The van der Waals surface area contributed by atoms with E-state index >= 15 is 0 Å². The third-order valence-electron chi connectivity index (χ3n) is 3.41. The number of fused-ring (bicyclic) bond motifs is 1. The van der Waals surface area contributed by atoms with Crippen molar-refractivity contribution < 1.29 is 0 Å². The molecule has 1 aromatic carbocycles. The molecule has 2 N–H and O–H groups in total. The molecule has 1 aliphatic carbocycles. The summed E-state index contributed by atoms with van der Waals surface area (Å²) in [6.07, 6.45) is 3.97. The molecule has 3 aromatic rings. The number of halogens is 1. The van der Waals surface area contributed by atoms with Crippen LogP contribution in [0.5, 0.6) is 0 Å². The Morgan fingerprint density at radius 2 is 2.05 bits per heavy atom. The van der Waals surface area contributed by atoms with E-state index in [9.17, 15) is 0 Å². The predicted molar refractivity (Wildman–Crippen MR) is 78.4 cm³/mol. The molecule has 0 unspecified atom stereocenters. The second-order valence-corrected chi connectivity index (χ2v) is 5.35. The zero-order chi connectivity index (χ0) is 13.5. The number of aromatic nitrogens is 4. The first kappa shape index (κ1) is 11.7. The Morgan fingerprint density at radius 3 is 2.90 bits per heavy atom. The average molecular weight is 286 g/mol. The number of para-hydroxylation sites is 1. The van der Waals surface area contributed by atoms with Gasteiger partial charge in [0.2, 0.25) is 0 Å². The van der Waals surface area contributed by atoms with Crippen molar-refractivity contribution in [2.45, 2.75) is 18.8 Å². The van der Waals surface area contributed by atoms with Crippen LogP contribution in [0.25, 0.3) is 10.9 Å². The third-order valence-corrected chi connectivity index (χ3v) is 3.69. The molecule has 2 aromatic heterocycles. The number of nitrogens with one attached hydrogen (secondary N) is 2. The smallest absolute Gasteiger partial charge is 0.161 e. The lowest BCUT2D eigenvalue weighted by molar-refractivity contribution is 0.929. The summed E-state index contributed by atoms with van der Waals surface area (Å²) in [7, 11) is 0. The first-order valence-corrected chi connectivity index (χ1v) is 6.91. The van der Waals surface area contributed by atoms with E-state index in [-0.39, 0.29) is 0 Å². The van der Waals surface area contributed by atoms with Gasteiger partial charge in [0.25, 0.3) is 0 Å². The van der Waals surface area contributed by atoms with Crippen LogP contribution in [0, 0.1) is 0 Å². The van der Waals surface area contributed by atoms with Crippen molar-refractivity contribution in [2.24, 2.45) is 0 Å². The van der Waals surface area contributed by atoms with Gasteiger partial charge in [0, 0.05) is 11.3 Å². The van der Waals surface area contributed by atoms with Crippen LogP contribution in [0.4, 0.5) is 11.6 Å². The first-order chi connectivity index (χ1) is 9.81. The number of nitrogens with zero attached hydrogens (tertiary/aromatic N) is 3. The summed E-state index contributed by atoms with van der Waals surface area (Å²) < 4.78 is 0. The van der Waals surface area contributed by atoms with Crippen molar-refractivity contribution in [3.63, 3.8) is 0 Å². The number of aromatic amines is 1. The first-order valence-electron chi connectivity index (χ1n) is 6.54. The summed E-state index contributed by atoms with van der Waals surface area (Å²) in [5.74, 6) is 2.68. The van der Waals surface area contributed by atoms with E-state index < -0.39 is 0 Å². The number of benzene rings is 1. The van der Waals surface area contributed by atoms with Crippen molar-refractivity contribution in [1.82, 2.24) is 20.2 Å². The van der Waals surface area contributed by atoms with Gasteiger partial charge in [-0.2, -0.15) is 5.10 Å². The van der Waals surface area contributed by atoms with Crippen LogP contribution in [0.1, 0.15) is 24.6 Å². The number of rotatable bonds is 3. The van der Waals surface area contributed by atoms with E-state index in [0.29, 0.717) is 16.8 Å². The topological polar surface area (TPSA) is 66.5 Å². The van der Waals surface area contributed by atoms with Crippen LogP contribution in [0.15, 0.2) is 30.5 Å². The van der Waals surface area contributed by atoms with Crippen LogP contribution in [0.3, 0.4) is 0 Å². The normalized spacial score (nSPS) is 14.7. The van der Waals surface area contributed by atoms with Gasteiger partial charge in [-0.1, -0.05) is 23.7 Å². The molecule has 6 heteroatoms. The van der Waals surface area contributed by atoms with Crippen molar-refractivity contribution in [3.05, 3.63) is 41.3 Å². The van der Waals surface area contributed by atoms with Crippen LogP contribution in [0.2, 0.25) is 5.02 Å². The second-order valence-electron chi connectivity index (χ2n) is 4.94.